The molecule has 1 aliphatic heterocycles. The van der Waals surface area contributed by atoms with Gasteiger partial charge in [0.25, 0.3) is 11.8 Å². The van der Waals surface area contributed by atoms with Crippen molar-refractivity contribution in [3.63, 3.8) is 0 Å². The third-order valence-corrected chi connectivity index (χ3v) is 5.63. The van der Waals surface area contributed by atoms with Crippen LogP contribution in [-0.2, 0) is 0 Å². The minimum atomic E-state index is -0.509. The highest BCUT2D eigenvalue weighted by molar-refractivity contribution is 9.10. The van der Waals surface area contributed by atoms with Gasteiger partial charge in [0.2, 0.25) is 10.5 Å². The Morgan fingerprint density at radius 3 is 2.71 bits per heavy atom. The number of hydrogen-bond donors (Lipinski definition) is 1. The average molecular weight is 471 g/mol. The van der Waals surface area contributed by atoms with E-state index >= 15 is 0 Å². The standard InChI is InChI=1S/C19H18BrClFN3O3/c1-9(10-6-7-12(22)11(21)8-10)23-17(26)15-16-18(25-19(20)24-15)28-14-5-3-2-4-13(14)27-16/h6-9,13-14H,2-5H2,1H3,(H,23,26). The van der Waals surface area contributed by atoms with Crippen molar-refractivity contribution in [1.29, 1.82) is 0 Å². The molecule has 1 aromatic carbocycles. The molecule has 0 bridgehead atoms. The molecule has 0 radical (unpaired) electrons. The average Bonchev–Trinajstić information content (AvgIpc) is 2.67. The second-order valence-electron chi connectivity index (χ2n) is 6.94. The van der Waals surface area contributed by atoms with Crippen LogP contribution >= 0.6 is 27.5 Å². The topological polar surface area (TPSA) is 73.3 Å². The van der Waals surface area contributed by atoms with Crippen LogP contribution in [0.3, 0.4) is 0 Å². The summed E-state index contributed by atoms with van der Waals surface area (Å²) in [6.07, 6.45) is 3.74. The summed E-state index contributed by atoms with van der Waals surface area (Å²) in [6.45, 7) is 1.78. The summed E-state index contributed by atoms with van der Waals surface area (Å²) in [7, 11) is 0. The number of rotatable bonds is 3. The molecular formula is C19H18BrClFN3O3. The zero-order chi connectivity index (χ0) is 19.8. The quantitative estimate of drug-likeness (QED) is 0.664. The first-order chi connectivity index (χ1) is 13.4. The maximum Gasteiger partial charge on any atom is 0.274 e. The minimum Gasteiger partial charge on any atom is -0.479 e. The van der Waals surface area contributed by atoms with Gasteiger partial charge >= 0.3 is 0 Å². The van der Waals surface area contributed by atoms with Crippen molar-refractivity contribution in [3.8, 4) is 11.6 Å². The van der Waals surface area contributed by atoms with Crippen LogP contribution in [0.15, 0.2) is 22.9 Å². The molecule has 3 unspecified atom stereocenters. The Hall–Kier alpha value is -1.93. The Balaban J connectivity index is 1.59. The number of ether oxygens (including phenoxy) is 2. The normalized spacial score (nSPS) is 21.6. The van der Waals surface area contributed by atoms with Crippen molar-refractivity contribution in [2.45, 2.75) is 50.9 Å². The first-order valence-electron chi connectivity index (χ1n) is 9.09. The van der Waals surface area contributed by atoms with Gasteiger partial charge in [0.05, 0.1) is 11.1 Å². The largest absolute Gasteiger partial charge is 0.479 e. The molecule has 4 rings (SSSR count). The van der Waals surface area contributed by atoms with E-state index < -0.39 is 17.8 Å². The molecule has 1 aliphatic carbocycles. The van der Waals surface area contributed by atoms with E-state index in [1.165, 1.54) is 12.1 Å². The third kappa shape index (κ3) is 3.80. The molecule has 0 saturated heterocycles. The molecule has 1 saturated carbocycles. The Kier molecular flexibility index (Phi) is 5.42. The molecule has 1 fully saturated rings. The van der Waals surface area contributed by atoms with E-state index in [-0.39, 0.29) is 39.3 Å². The summed E-state index contributed by atoms with van der Waals surface area (Å²) in [5, 5.41) is 2.84. The predicted octanol–water partition coefficient (Wildman–Crippen LogP) is 4.61. The van der Waals surface area contributed by atoms with Crippen LogP contribution < -0.4 is 14.8 Å². The van der Waals surface area contributed by atoms with E-state index in [2.05, 4.69) is 31.2 Å². The SMILES string of the molecule is CC(NC(=O)c1nc(Br)nc2c1OC1CCCCC1O2)c1ccc(F)c(Cl)c1. The van der Waals surface area contributed by atoms with Crippen LogP contribution in [-0.4, -0.2) is 28.1 Å². The maximum atomic E-state index is 13.4. The van der Waals surface area contributed by atoms with Crippen LogP contribution in [0.4, 0.5) is 4.39 Å². The van der Waals surface area contributed by atoms with E-state index in [0.717, 1.165) is 25.7 Å². The zero-order valence-corrected chi connectivity index (χ0v) is 17.4. The van der Waals surface area contributed by atoms with Crippen molar-refractivity contribution in [2.24, 2.45) is 0 Å². The van der Waals surface area contributed by atoms with Gasteiger partial charge < -0.3 is 14.8 Å². The molecule has 1 aromatic heterocycles. The van der Waals surface area contributed by atoms with Gasteiger partial charge in [0.1, 0.15) is 18.0 Å². The highest BCUT2D eigenvalue weighted by Gasteiger charge is 2.37. The fourth-order valence-corrected chi connectivity index (χ4v) is 4.03. The molecule has 9 heteroatoms. The lowest BCUT2D eigenvalue weighted by Crippen LogP contribution is -2.43. The van der Waals surface area contributed by atoms with Gasteiger partial charge in [-0.1, -0.05) is 17.7 Å². The number of halogens is 3. The van der Waals surface area contributed by atoms with Crippen LogP contribution in [0.1, 0.15) is 54.7 Å². The summed E-state index contributed by atoms with van der Waals surface area (Å²) < 4.78 is 25.7. The summed E-state index contributed by atoms with van der Waals surface area (Å²) in [5.41, 5.74) is 0.771. The van der Waals surface area contributed by atoms with Gasteiger partial charge in [0.15, 0.2) is 5.69 Å². The van der Waals surface area contributed by atoms with Gasteiger partial charge in [-0.3, -0.25) is 4.79 Å². The number of carbonyl (C=O) groups is 1. The number of amides is 1. The van der Waals surface area contributed by atoms with Crippen molar-refractivity contribution in [2.75, 3.05) is 0 Å². The first-order valence-corrected chi connectivity index (χ1v) is 10.3. The molecule has 2 aromatic rings. The van der Waals surface area contributed by atoms with Crippen molar-refractivity contribution in [1.82, 2.24) is 15.3 Å². The lowest BCUT2D eigenvalue weighted by Gasteiger charge is -2.36. The number of hydrogen-bond acceptors (Lipinski definition) is 5. The van der Waals surface area contributed by atoms with E-state index in [1.54, 1.807) is 13.0 Å². The van der Waals surface area contributed by atoms with Crippen LogP contribution in [0, 0.1) is 5.82 Å². The molecule has 0 spiro atoms. The molecule has 1 amide bonds. The van der Waals surface area contributed by atoms with E-state index in [0.29, 0.717) is 5.56 Å². The number of aromatic nitrogens is 2. The number of fused-ring (bicyclic) bond motifs is 2. The highest BCUT2D eigenvalue weighted by Crippen LogP contribution is 2.39. The lowest BCUT2D eigenvalue weighted by atomic mass is 9.94. The molecule has 6 nitrogen and oxygen atoms in total. The summed E-state index contributed by atoms with van der Waals surface area (Å²) >= 11 is 9.07. The number of nitrogens with one attached hydrogen (secondary N) is 1. The lowest BCUT2D eigenvalue weighted by molar-refractivity contribution is -0.0113. The van der Waals surface area contributed by atoms with Gasteiger partial charge in [-0.25, -0.2) is 9.37 Å². The van der Waals surface area contributed by atoms with Crippen LogP contribution in [0.25, 0.3) is 0 Å². The van der Waals surface area contributed by atoms with E-state index in [9.17, 15) is 9.18 Å². The fraction of sp³-hybridized carbons (Fsp3) is 0.421. The summed E-state index contributed by atoms with van der Waals surface area (Å²) in [5.74, 6) is -0.420. The molecule has 2 aliphatic rings. The number of benzene rings is 1. The zero-order valence-electron chi connectivity index (χ0n) is 15.0. The Morgan fingerprint density at radius 1 is 1.29 bits per heavy atom. The summed E-state index contributed by atoms with van der Waals surface area (Å²) in [6, 6.07) is 3.91. The van der Waals surface area contributed by atoms with Crippen LogP contribution in [0.2, 0.25) is 5.02 Å². The van der Waals surface area contributed by atoms with Gasteiger partial charge in [0, 0.05) is 0 Å². The molecular weight excluding hydrogens is 453 g/mol. The minimum absolute atomic E-state index is 0.000771. The Labute approximate surface area is 174 Å². The third-order valence-electron chi connectivity index (χ3n) is 4.99. The summed E-state index contributed by atoms with van der Waals surface area (Å²) in [4.78, 5) is 21.3. The van der Waals surface area contributed by atoms with E-state index in [1.807, 2.05) is 0 Å². The van der Waals surface area contributed by atoms with Gasteiger partial charge in [-0.05, 0) is 66.2 Å². The molecule has 2 heterocycles. The second kappa shape index (κ2) is 7.83. The van der Waals surface area contributed by atoms with Gasteiger partial charge in [-0.15, -0.1) is 0 Å². The molecule has 148 valence electrons. The maximum absolute atomic E-state index is 13.4. The van der Waals surface area contributed by atoms with E-state index in [4.69, 9.17) is 21.1 Å². The van der Waals surface area contributed by atoms with Crippen LogP contribution in [0.5, 0.6) is 11.6 Å². The number of carbonyl (C=O) groups excluding carboxylic acids is 1. The molecule has 1 N–H and O–H groups in total. The Morgan fingerprint density at radius 2 is 2.00 bits per heavy atom. The Bertz CT molecular complexity index is 930. The highest BCUT2D eigenvalue weighted by atomic mass is 79.9. The van der Waals surface area contributed by atoms with Gasteiger partial charge in [-0.2, -0.15) is 4.98 Å². The second-order valence-corrected chi connectivity index (χ2v) is 8.06. The van der Waals surface area contributed by atoms with Crippen molar-refractivity contribution >= 4 is 33.4 Å². The fourth-order valence-electron chi connectivity index (χ4n) is 3.50. The van der Waals surface area contributed by atoms with Crippen molar-refractivity contribution in [3.05, 3.63) is 45.0 Å². The predicted molar refractivity (Wildman–Crippen MR) is 104 cm³/mol. The smallest absolute Gasteiger partial charge is 0.274 e. The first kappa shape index (κ1) is 19.4. The monoisotopic (exact) mass is 469 g/mol. The van der Waals surface area contributed by atoms with Crippen molar-refractivity contribution < 1.29 is 18.7 Å². The molecule has 3 atom stereocenters. The molecule has 28 heavy (non-hydrogen) atoms. The number of nitrogens with zero attached hydrogens (tertiary/aromatic N) is 2.